The molecule has 0 aliphatic carbocycles. The average Bonchev–Trinajstić information content (AvgIpc) is 3.74. The van der Waals surface area contributed by atoms with Crippen LogP contribution in [0.1, 0.15) is 62.9 Å². The van der Waals surface area contributed by atoms with Gasteiger partial charge in [0.15, 0.2) is 5.13 Å². The van der Waals surface area contributed by atoms with Gasteiger partial charge >= 0.3 is 6.18 Å². The lowest BCUT2D eigenvalue weighted by Crippen LogP contribution is -2.25. The van der Waals surface area contributed by atoms with Crippen molar-refractivity contribution < 1.29 is 22.8 Å². The van der Waals surface area contributed by atoms with E-state index in [0.717, 1.165) is 56.1 Å². The van der Waals surface area contributed by atoms with Gasteiger partial charge in [0.2, 0.25) is 0 Å². The maximum Gasteiger partial charge on any atom is 0.416 e. The van der Waals surface area contributed by atoms with Crippen LogP contribution in [0.15, 0.2) is 61.2 Å². The second-order valence-electron chi connectivity index (χ2n) is 11.8. The van der Waals surface area contributed by atoms with E-state index in [9.17, 15) is 22.8 Å². The number of rotatable bonds is 14. The van der Waals surface area contributed by atoms with Crippen molar-refractivity contribution >= 4 is 51.3 Å². The van der Waals surface area contributed by atoms with E-state index in [-0.39, 0.29) is 16.9 Å². The summed E-state index contributed by atoms with van der Waals surface area (Å²) in [6.45, 7) is 13.3. The molecule has 3 heterocycles. The number of nitrogens with one attached hydrogen (secondary N) is 4. The van der Waals surface area contributed by atoms with Crippen molar-refractivity contribution in [3.63, 3.8) is 0 Å². The SMILES string of the molecule is CCN(CC)CCCNc1cc(Nc2ncc(C(=O)Nc3cc(NC(=O)c4cc(-n5cnc(C)c5)cc(C(F)(F)F)c4)ccc3C)s2)nc(C)n1. The van der Waals surface area contributed by atoms with Gasteiger partial charge in [-0.25, -0.2) is 19.9 Å². The van der Waals surface area contributed by atoms with Crippen LogP contribution in [0.3, 0.4) is 0 Å². The van der Waals surface area contributed by atoms with Crippen molar-refractivity contribution in [1.29, 1.82) is 0 Å². The standard InChI is InChI=1S/C35H39F3N10O2S/c1-6-47(7-2)12-8-11-39-30-17-31(43-23(5)42-30)46-34-40-18-29(51-34)33(50)45-28-16-26(10-9-21(28)3)44-32(49)24-13-25(35(36,37)38)15-27(14-24)48-19-22(4)41-20-48/h9-10,13-20H,6-8,11-12H2,1-5H3,(H,44,49)(H,45,50)(H2,39,40,42,43,46). The molecular weight excluding hydrogens is 682 g/mol. The smallest absolute Gasteiger partial charge is 0.370 e. The minimum Gasteiger partial charge on any atom is -0.370 e. The molecule has 0 atom stereocenters. The zero-order valence-electron chi connectivity index (χ0n) is 28.9. The van der Waals surface area contributed by atoms with Crippen LogP contribution in [0.5, 0.6) is 0 Å². The number of imidazole rings is 1. The van der Waals surface area contributed by atoms with Gasteiger partial charge in [-0.15, -0.1) is 0 Å². The molecule has 0 spiro atoms. The zero-order chi connectivity index (χ0) is 36.7. The Morgan fingerprint density at radius 1 is 0.922 bits per heavy atom. The first kappa shape index (κ1) is 36.9. The molecule has 5 aromatic rings. The summed E-state index contributed by atoms with van der Waals surface area (Å²) in [5.41, 5.74) is 0.968. The molecule has 0 saturated carbocycles. The fraction of sp³-hybridized carbons (Fsp3) is 0.314. The van der Waals surface area contributed by atoms with Gasteiger partial charge < -0.3 is 30.7 Å². The van der Waals surface area contributed by atoms with Crippen molar-refractivity contribution in [3.8, 4) is 5.69 Å². The molecule has 2 amide bonds. The number of carbonyl (C=O) groups is 2. The molecule has 3 aromatic heterocycles. The Bertz CT molecular complexity index is 2010. The average molecular weight is 721 g/mol. The highest BCUT2D eigenvalue weighted by molar-refractivity contribution is 7.17. The van der Waals surface area contributed by atoms with Crippen LogP contribution in [0.2, 0.25) is 0 Å². The molecule has 0 bridgehead atoms. The van der Waals surface area contributed by atoms with Crippen LogP contribution in [-0.2, 0) is 6.18 Å². The van der Waals surface area contributed by atoms with Crippen molar-refractivity contribution in [2.45, 2.75) is 47.2 Å². The van der Waals surface area contributed by atoms with Crippen LogP contribution >= 0.6 is 11.3 Å². The second-order valence-corrected chi connectivity index (χ2v) is 12.8. The summed E-state index contributed by atoms with van der Waals surface area (Å²) in [7, 11) is 0. The number of aromatic nitrogens is 5. The molecule has 0 radical (unpaired) electrons. The topological polar surface area (TPSA) is 142 Å². The Morgan fingerprint density at radius 3 is 2.39 bits per heavy atom. The van der Waals surface area contributed by atoms with E-state index in [1.54, 1.807) is 51.2 Å². The lowest BCUT2D eigenvalue weighted by molar-refractivity contribution is -0.137. The van der Waals surface area contributed by atoms with Crippen LogP contribution < -0.4 is 21.3 Å². The fourth-order valence-corrected chi connectivity index (χ4v) is 5.89. The maximum atomic E-state index is 13.7. The lowest BCUT2D eigenvalue weighted by atomic mass is 10.1. The monoisotopic (exact) mass is 720 g/mol. The third-order valence-corrected chi connectivity index (χ3v) is 8.83. The number of anilines is 5. The summed E-state index contributed by atoms with van der Waals surface area (Å²) in [6, 6.07) is 9.72. The van der Waals surface area contributed by atoms with Gasteiger partial charge in [0.1, 0.15) is 22.3 Å². The number of benzene rings is 2. The van der Waals surface area contributed by atoms with Gasteiger partial charge in [0, 0.05) is 41.4 Å². The molecule has 268 valence electrons. The Balaban J connectivity index is 1.24. The molecule has 2 aromatic carbocycles. The van der Waals surface area contributed by atoms with E-state index in [1.165, 1.54) is 23.2 Å². The minimum absolute atomic E-state index is 0.138. The van der Waals surface area contributed by atoms with Crippen molar-refractivity contribution in [2.24, 2.45) is 0 Å². The van der Waals surface area contributed by atoms with Crippen molar-refractivity contribution in [2.75, 3.05) is 47.4 Å². The van der Waals surface area contributed by atoms with E-state index in [1.807, 2.05) is 0 Å². The van der Waals surface area contributed by atoms with Gasteiger partial charge in [-0.2, -0.15) is 13.2 Å². The molecular formula is C35H39F3N10O2S. The summed E-state index contributed by atoms with van der Waals surface area (Å²) in [6.07, 6.45) is 0.681. The number of nitrogens with zero attached hydrogens (tertiary/aromatic N) is 6. The summed E-state index contributed by atoms with van der Waals surface area (Å²) in [5, 5.41) is 12.4. The number of aryl methyl sites for hydroxylation is 3. The quantitative estimate of drug-likeness (QED) is 0.0861. The maximum absolute atomic E-state index is 13.7. The van der Waals surface area contributed by atoms with Crippen LogP contribution in [0.4, 0.5) is 41.3 Å². The third-order valence-electron chi connectivity index (χ3n) is 7.91. The second kappa shape index (κ2) is 16.1. The largest absolute Gasteiger partial charge is 0.416 e. The van der Waals surface area contributed by atoms with E-state index >= 15 is 0 Å². The number of alkyl halides is 3. The van der Waals surface area contributed by atoms with Crippen LogP contribution in [0.25, 0.3) is 5.69 Å². The molecule has 0 saturated heterocycles. The predicted molar refractivity (Wildman–Crippen MR) is 193 cm³/mol. The summed E-state index contributed by atoms with van der Waals surface area (Å²) >= 11 is 1.13. The van der Waals surface area contributed by atoms with E-state index in [4.69, 9.17) is 0 Å². The predicted octanol–water partition coefficient (Wildman–Crippen LogP) is 7.45. The zero-order valence-corrected chi connectivity index (χ0v) is 29.7. The molecule has 0 unspecified atom stereocenters. The number of hydrogen-bond donors (Lipinski definition) is 4. The number of amides is 2. The van der Waals surface area contributed by atoms with Crippen molar-refractivity contribution in [3.05, 3.63) is 94.3 Å². The van der Waals surface area contributed by atoms with Crippen molar-refractivity contribution in [1.82, 2.24) is 29.4 Å². The molecule has 16 heteroatoms. The minimum atomic E-state index is -4.67. The Hall–Kier alpha value is -5.35. The van der Waals surface area contributed by atoms with Crippen LogP contribution in [-0.4, -0.2) is 67.4 Å². The molecule has 12 nitrogen and oxygen atoms in total. The highest BCUT2D eigenvalue weighted by Crippen LogP contribution is 2.32. The highest BCUT2D eigenvalue weighted by Gasteiger charge is 2.32. The fourth-order valence-electron chi connectivity index (χ4n) is 5.17. The Kier molecular flexibility index (Phi) is 11.7. The van der Waals surface area contributed by atoms with Gasteiger partial charge in [-0.1, -0.05) is 31.3 Å². The molecule has 0 aliphatic heterocycles. The first-order chi connectivity index (χ1) is 24.3. The van der Waals surface area contributed by atoms with Gasteiger partial charge in [-0.05, 0) is 82.7 Å². The van der Waals surface area contributed by atoms with Gasteiger partial charge in [0.25, 0.3) is 11.8 Å². The highest BCUT2D eigenvalue weighted by atomic mass is 32.1. The Labute approximate surface area is 297 Å². The number of carbonyl (C=O) groups excluding carboxylic acids is 2. The number of halogens is 3. The Morgan fingerprint density at radius 2 is 1.69 bits per heavy atom. The summed E-state index contributed by atoms with van der Waals surface area (Å²) in [5.74, 6) is 0.604. The van der Waals surface area contributed by atoms with Gasteiger partial charge in [0.05, 0.1) is 23.8 Å². The molecule has 4 N–H and O–H groups in total. The first-order valence-electron chi connectivity index (χ1n) is 16.3. The number of thiazole rings is 1. The normalized spacial score (nSPS) is 11.5. The third kappa shape index (κ3) is 9.88. The number of hydrogen-bond acceptors (Lipinski definition) is 10. The molecule has 5 rings (SSSR count). The summed E-state index contributed by atoms with van der Waals surface area (Å²) < 4.78 is 42.6. The molecule has 0 aliphatic rings. The van der Waals surface area contributed by atoms with E-state index < -0.39 is 23.6 Å². The first-order valence-corrected chi connectivity index (χ1v) is 17.1. The van der Waals surface area contributed by atoms with Gasteiger partial charge in [-0.3, -0.25) is 9.59 Å². The van der Waals surface area contributed by atoms with E-state index in [2.05, 4.69) is 60.0 Å². The lowest BCUT2D eigenvalue weighted by Gasteiger charge is -2.17. The molecule has 51 heavy (non-hydrogen) atoms. The van der Waals surface area contributed by atoms with Crippen LogP contribution in [0, 0.1) is 20.8 Å². The molecule has 0 fully saturated rings. The van der Waals surface area contributed by atoms with E-state index in [0.29, 0.717) is 44.4 Å². The summed E-state index contributed by atoms with van der Waals surface area (Å²) in [4.78, 5) is 46.4.